The number of fused-ring (bicyclic) bond motifs is 1. The van der Waals surface area contributed by atoms with Gasteiger partial charge in [-0.3, -0.25) is 14.2 Å². The number of hydrogen-bond donors (Lipinski definition) is 1. The summed E-state index contributed by atoms with van der Waals surface area (Å²) in [5, 5.41) is 2.51. The van der Waals surface area contributed by atoms with Crippen LogP contribution in [0.5, 0.6) is 0 Å². The number of aryl methyl sites for hydroxylation is 1. The van der Waals surface area contributed by atoms with Crippen molar-refractivity contribution in [1.82, 2.24) is 9.55 Å². The van der Waals surface area contributed by atoms with E-state index in [-0.39, 0.29) is 18.0 Å². The minimum Gasteiger partial charge on any atom is -0.326 e. The summed E-state index contributed by atoms with van der Waals surface area (Å²) in [6.45, 7) is 1.83. The highest BCUT2D eigenvalue weighted by Gasteiger charge is 2.37. The molecule has 1 aromatic heterocycles. The van der Waals surface area contributed by atoms with Gasteiger partial charge in [0, 0.05) is 29.6 Å². The zero-order chi connectivity index (χ0) is 22.3. The SMILES string of the molecule is CCc1cc(=O)n2c(n1)SCC2CC(=O)Nc1cc(C(F)(F)F)cc(C(F)(F)F)c1. The van der Waals surface area contributed by atoms with Crippen molar-refractivity contribution in [2.24, 2.45) is 0 Å². The van der Waals surface area contributed by atoms with Gasteiger partial charge in [-0.2, -0.15) is 26.3 Å². The van der Waals surface area contributed by atoms with Crippen LogP contribution in [0.3, 0.4) is 0 Å². The molecule has 162 valence electrons. The minimum absolute atomic E-state index is 0.0178. The summed E-state index contributed by atoms with van der Waals surface area (Å²) in [4.78, 5) is 28.9. The summed E-state index contributed by atoms with van der Waals surface area (Å²) in [6, 6.07) is 1.58. The van der Waals surface area contributed by atoms with E-state index in [9.17, 15) is 35.9 Å². The van der Waals surface area contributed by atoms with Crippen molar-refractivity contribution < 1.29 is 31.1 Å². The Hall–Kier alpha value is -2.50. The van der Waals surface area contributed by atoms with Crippen LogP contribution in [-0.4, -0.2) is 21.2 Å². The first-order valence-electron chi connectivity index (χ1n) is 8.73. The van der Waals surface area contributed by atoms with Crippen LogP contribution in [0.4, 0.5) is 32.0 Å². The van der Waals surface area contributed by atoms with Crippen molar-refractivity contribution in [2.45, 2.75) is 43.3 Å². The predicted octanol–water partition coefficient (Wildman–Crippen LogP) is 4.52. The number of benzene rings is 1. The fraction of sp³-hybridized carbons (Fsp3) is 0.389. The summed E-state index contributed by atoms with van der Waals surface area (Å²) in [5.74, 6) is -0.480. The second kappa shape index (κ2) is 7.97. The van der Waals surface area contributed by atoms with Crippen LogP contribution in [-0.2, 0) is 23.6 Å². The molecule has 0 saturated heterocycles. The van der Waals surface area contributed by atoms with Crippen LogP contribution in [0.1, 0.15) is 36.2 Å². The van der Waals surface area contributed by atoms with E-state index in [1.54, 1.807) is 0 Å². The largest absolute Gasteiger partial charge is 0.416 e. The molecule has 2 heterocycles. The number of aromatic nitrogens is 2. The lowest BCUT2D eigenvalue weighted by atomic mass is 10.1. The molecule has 0 saturated carbocycles. The molecular weight excluding hydrogens is 436 g/mol. The smallest absolute Gasteiger partial charge is 0.326 e. The maximum absolute atomic E-state index is 12.9. The summed E-state index contributed by atoms with van der Waals surface area (Å²) < 4.78 is 79.0. The number of hydrogen-bond acceptors (Lipinski definition) is 4. The third kappa shape index (κ3) is 4.79. The van der Waals surface area contributed by atoms with Gasteiger partial charge in [0.2, 0.25) is 5.91 Å². The molecule has 0 radical (unpaired) electrons. The average Bonchev–Trinajstić information content (AvgIpc) is 3.02. The first kappa shape index (κ1) is 22.2. The van der Waals surface area contributed by atoms with Crippen LogP contribution in [0.15, 0.2) is 34.2 Å². The molecule has 1 atom stereocenters. The van der Waals surface area contributed by atoms with Gasteiger partial charge in [-0.15, -0.1) is 0 Å². The number of carbonyl (C=O) groups excluding carboxylic acids is 1. The molecule has 0 bridgehead atoms. The van der Waals surface area contributed by atoms with E-state index in [4.69, 9.17) is 0 Å². The Kier molecular flexibility index (Phi) is 5.89. The quantitative estimate of drug-likeness (QED) is 0.549. The van der Waals surface area contributed by atoms with E-state index in [0.717, 1.165) is 0 Å². The molecule has 3 rings (SSSR count). The van der Waals surface area contributed by atoms with Gasteiger partial charge in [-0.05, 0) is 24.6 Å². The van der Waals surface area contributed by atoms with E-state index >= 15 is 0 Å². The van der Waals surface area contributed by atoms with Crippen LogP contribution in [0.25, 0.3) is 0 Å². The number of rotatable bonds is 4. The van der Waals surface area contributed by atoms with Gasteiger partial charge in [0.1, 0.15) is 0 Å². The van der Waals surface area contributed by atoms with Gasteiger partial charge in [-0.1, -0.05) is 18.7 Å². The lowest BCUT2D eigenvalue weighted by Gasteiger charge is -2.16. The summed E-state index contributed by atoms with van der Waals surface area (Å²) in [5.41, 5.74) is -3.45. The molecule has 1 aliphatic heterocycles. The van der Waals surface area contributed by atoms with E-state index in [1.165, 1.54) is 22.4 Å². The van der Waals surface area contributed by atoms with E-state index in [1.807, 2.05) is 6.92 Å². The summed E-state index contributed by atoms with van der Waals surface area (Å²) >= 11 is 1.25. The number of alkyl halides is 6. The zero-order valence-corrected chi connectivity index (χ0v) is 16.2. The Morgan fingerprint density at radius 1 is 1.13 bits per heavy atom. The number of anilines is 1. The molecule has 0 spiro atoms. The zero-order valence-electron chi connectivity index (χ0n) is 15.4. The van der Waals surface area contributed by atoms with Crippen LogP contribution >= 0.6 is 11.8 Å². The molecule has 5 nitrogen and oxygen atoms in total. The Morgan fingerprint density at radius 2 is 1.73 bits per heavy atom. The molecule has 1 aliphatic rings. The van der Waals surface area contributed by atoms with Gasteiger partial charge >= 0.3 is 12.4 Å². The molecule has 0 fully saturated rings. The fourth-order valence-electron chi connectivity index (χ4n) is 2.98. The van der Waals surface area contributed by atoms with Gasteiger partial charge in [0.15, 0.2) is 5.16 Å². The molecule has 0 aliphatic carbocycles. The molecular formula is C18H15F6N3O2S. The third-order valence-electron chi connectivity index (χ3n) is 4.40. The molecule has 2 aromatic rings. The number of nitrogens with one attached hydrogen (secondary N) is 1. The van der Waals surface area contributed by atoms with Crippen molar-refractivity contribution in [3.05, 3.63) is 51.4 Å². The molecule has 1 N–H and O–H groups in total. The Bertz CT molecular complexity index is 1000. The normalized spacial score (nSPS) is 16.4. The lowest BCUT2D eigenvalue weighted by Crippen LogP contribution is -2.27. The van der Waals surface area contributed by atoms with Gasteiger partial charge in [-0.25, -0.2) is 4.98 Å². The molecule has 30 heavy (non-hydrogen) atoms. The second-order valence-electron chi connectivity index (χ2n) is 6.60. The standard InChI is InChI=1S/C18H15F6N3O2S/c1-2-11-6-15(29)27-13(8-30-16(27)26-11)7-14(28)25-12-4-9(17(19,20)21)3-10(5-12)18(22,23)24/h3-6,13H,2,7-8H2,1H3,(H,25,28). The molecule has 1 aromatic carbocycles. The van der Waals surface area contributed by atoms with Crippen molar-refractivity contribution in [3.63, 3.8) is 0 Å². The highest BCUT2D eigenvalue weighted by atomic mass is 32.2. The van der Waals surface area contributed by atoms with Crippen LogP contribution < -0.4 is 10.9 Å². The van der Waals surface area contributed by atoms with E-state index in [2.05, 4.69) is 10.3 Å². The topological polar surface area (TPSA) is 64.0 Å². The van der Waals surface area contributed by atoms with Crippen LogP contribution in [0, 0.1) is 0 Å². The van der Waals surface area contributed by atoms with E-state index < -0.39 is 41.1 Å². The number of amides is 1. The Balaban J connectivity index is 1.82. The lowest BCUT2D eigenvalue weighted by molar-refractivity contribution is -0.143. The first-order valence-corrected chi connectivity index (χ1v) is 9.71. The van der Waals surface area contributed by atoms with Gasteiger partial charge in [0.25, 0.3) is 5.56 Å². The van der Waals surface area contributed by atoms with Gasteiger partial charge < -0.3 is 5.32 Å². The highest BCUT2D eigenvalue weighted by Crippen LogP contribution is 2.38. The number of nitrogens with zero attached hydrogens (tertiary/aromatic N) is 2. The van der Waals surface area contributed by atoms with Crippen LogP contribution in [0.2, 0.25) is 0 Å². The molecule has 1 unspecified atom stereocenters. The molecule has 12 heteroatoms. The monoisotopic (exact) mass is 451 g/mol. The summed E-state index contributed by atoms with van der Waals surface area (Å²) in [7, 11) is 0. The fourth-order valence-corrected chi connectivity index (χ4v) is 4.15. The van der Waals surface area contributed by atoms with Crippen molar-refractivity contribution in [3.8, 4) is 0 Å². The second-order valence-corrected chi connectivity index (χ2v) is 7.59. The van der Waals surface area contributed by atoms with Gasteiger partial charge in [0.05, 0.1) is 17.2 Å². The highest BCUT2D eigenvalue weighted by molar-refractivity contribution is 7.99. The average molecular weight is 451 g/mol. The minimum atomic E-state index is -5.02. The maximum Gasteiger partial charge on any atom is 0.416 e. The molecule has 1 amide bonds. The van der Waals surface area contributed by atoms with E-state index in [0.29, 0.717) is 35.2 Å². The maximum atomic E-state index is 12.9. The number of halogens is 6. The summed E-state index contributed by atoms with van der Waals surface area (Å²) in [6.07, 6.45) is -9.79. The Morgan fingerprint density at radius 3 is 2.27 bits per heavy atom. The number of thioether (sulfide) groups is 1. The van der Waals surface area contributed by atoms with Crippen molar-refractivity contribution >= 4 is 23.4 Å². The van der Waals surface area contributed by atoms with Crippen molar-refractivity contribution in [2.75, 3.05) is 11.1 Å². The third-order valence-corrected chi connectivity index (χ3v) is 5.50. The Labute approximate surface area is 170 Å². The number of carbonyl (C=O) groups is 1. The first-order chi connectivity index (χ1) is 13.9. The predicted molar refractivity (Wildman–Crippen MR) is 97.3 cm³/mol. The van der Waals surface area contributed by atoms with Crippen molar-refractivity contribution in [1.29, 1.82) is 0 Å².